The zero-order valence-corrected chi connectivity index (χ0v) is 17.8. The van der Waals surface area contributed by atoms with E-state index in [-0.39, 0.29) is 0 Å². The molecule has 0 saturated carbocycles. The summed E-state index contributed by atoms with van der Waals surface area (Å²) >= 11 is 0. The maximum atomic E-state index is 5.17. The molecular formula is C30H19N3. The Hall–Kier alpha value is -4.50. The molecule has 0 radical (unpaired) electrons. The molecule has 154 valence electrons. The van der Waals surface area contributed by atoms with Gasteiger partial charge in [0.2, 0.25) is 0 Å². The second kappa shape index (κ2) is 7.01. The van der Waals surface area contributed by atoms with Gasteiger partial charge in [-0.1, -0.05) is 97.1 Å². The lowest BCUT2D eigenvalue weighted by Crippen LogP contribution is -2.03. The molecule has 7 rings (SSSR count). The summed E-state index contributed by atoms with van der Waals surface area (Å²) in [6, 6.07) is 40.1. The summed E-state index contributed by atoms with van der Waals surface area (Å²) < 4.78 is 2.29. The highest BCUT2D eigenvalue weighted by Crippen LogP contribution is 2.36. The van der Waals surface area contributed by atoms with Gasteiger partial charge in [0.15, 0.2) is 5.82 Å². The fourth-order valence-electron chi connectivity index (χ4n) is 4.88. The van der Waals surface area contributed by atoms with Crippen molar-refractivity contribution in [3.05, 3.63) is 115 Å². The molecule has 2 aromatic heterocycles. The van der Waals surface area contributed by atoms with Gasteiger partial charge in [-0.25, -0.2) is 9.97 Å². The van der Waals surface area contributed by atoms with Gasteiger partial charge in [-0.15, -0.1) is 0 Å². The van der Waals surface area contributed by atoms with Crippen LogP contribution < -0.4 is 0 Å². The molecule has 0 saturated heterocycles. The molecule has 33 heavy (non-hydrogen) atoms. The number of fused-ring (bicyclic) bond motifs is 6. The van der Waals surface area contributed by atoms with Crippen LogP contribution in [0.4, 0.5) is 0 Å². The standard InChI is InChI=1S/C30H19N3/c1-2-11-21(12-3-1)29-31-28-22-13-5-4-10-20(22)18-19-25(28)30(32-29)33-26-16-8-6-14-23(26)24-15-7-9-17-27(24)33/h1-19H. The lowest BCUT2D eigenvalue weighted by molar-refractivity contribution is 1.08. The smallest absolute Gasteiger partial charge is 0.162 e. The summed E-state index contributed by atoms with van der Waals surface area (Å²) in [4.78, 5) is 10.3. The van der Waals surface area contributed by atoms with Crippen LogP contribution in [0.15, 0.2) is 115 Å². The number of hydrogen-bond donors (Lipinski definition) is 0. The van der Waals surface area contributed by atoms with Crippen LogP contribution in [0.5, 0.6) is 0 Å². The van der Waals surface area contributed by atoms with Crippen molar-refractivity contribution in [2.24, 2.45) is 0 Å². The Morgan fingerprint density at radius 3 is 1.79 bits per heavy atom. The second-order valence-electron chi connectivity index (χ2n) is 8.29. The van der Waals surface area contributed by atoms with Gasteiger partial charge in [0.25, 0.3) is 0 Å². The fraction of sp³-hybridized carbons (Fsp3) is 0. The molecule has 0 fully saturated rings. The molecule has 0 atom stereocenters. The van der Waals surface area contributed by atoms with E-state index in [4.69, 9.17) is 9.97 Å². The number of benzene rings is 5. The third-order valence-electron chi connectivity index (χ3n) is 6.39. The molecule has 3 heteroatoms. The Morgan fingerprint density at radius 2 is 1.06 bits per heavy atom. The van der Waals surface area contributed by atoms with E-state index >= 15 is 0 Å². The monoisotopic (exact) mass is 421 g/mol. The van der Waals surface area contributed by atoms with Gasteiger partial charge in [-0.3, -0.25) is 4.57 Å². The average molecular weight is 422 g/mol. The number of rotatable bonds is 2. The summed E-state index contributed by atoms with van der Waals surface area (Å²) in [7, 11) is 0. The van der Waals surface area contributed by atoms with Crippen LogP contribution in [-0.4, -0.2) is 14.5 Å². The van der Waals surface area contributed by atoms with Gasteiger partial charge < -0.3 is 0 Å². The molecule has 5 aromatic carbocycles. The molecular weight excluding hydrogens is 402 g/mol. The van der Waals surface area contributed by atoms with Gasteiger partial charge in [-0.2, -0.15) is 0 Å². The third-order valence-corrected chi connectivity index (χ3v) is 6.39. The number of nitrogens with zero attached hydrogens (tertiary/aromatic N) is 3. The van der Waals surface area contributed by atoms with E-state index in [2.05, 4.69) is 102 Å². The Kier molecular flexibility index (Phi) is 3.84. The lowest BCUT2D eigenvalue weighted by atomic mass is 10.1. The SMILES string of the molecule is c1ccc(-c2nc(-n3c4ccccc4c4ccccc43)c3ccc4ccccc4c3n2)cc1. The van der Waals surface area contributed by atoms with E-state index in [0.717, 1.165) is 44.5 Å². The van der Waals surface area contributed by atoms with Crippen molar-refractivity contribution >= 4 is 43.5 Å². The van der Waals surface area contributed by atoms with Crippen molar-refractivity contribution in [1.29, 1.82) is 0 Å². The van der Waals surface area contributed by atoms with Crippen molar-refractivity contribution in [1.82, 2.24) is 14.5 Å². The molecule has 0 unspecified atom stereocenters. The second-order valence-corrected chi connectivity index (χ2v) is 8.29. The van der Waals surface area contributed by atoms with Crippen molar-refractivity contribution in [3.63, 3.8) is 0 Å². The molecule has 3 nitrogen and oxygen atoms in total. The number of hydrogen-bond acceptors (Lipinski definition) is 2. The first kappa shape index (κ1) is 18.1. The molecule has 0 spiro atoms. The highest BCUT2D eigenvalue weighted by molar-refractivity contribution is 6.12. The predicted molar refractivity (Wildman–Crippen MR) is 137 cm³/mol. The normalized spacial score (nSPS) is 11.6. The minimum Gasteiger partial charge on any atom is -0.293 e. The van der Waals surface area contributed by atoms with E-state index < -0.39 is 0 Å². The average Bonchev–Trinajstić information content (AvgIpc) is 3.23. The first-order chi connectivity index (χ1) is 16.4. The van der Waals surface area contributed by atoms with Crippen LogP contribution in [0.2, 0.25) is 0 Å². The van der Waals surface area contributed by atoms with E-state index in [9.17, 15) is 0 Å². The topological polar surface area (TPSA) is 30.7 Å². The molecule has 0 N–H and O–H groups in total. The Morgan fingerprint density at radius 1 is 0.455 bits per heavy atom. The molecule has 0 amide bonds. The Bertz CT molecular complexity index is 1760. The summed E-state index contributed by atoms with van der Waals surface area (Å²) in [6.45, 7) is 0. The van der Waals surface area contributed by atoms with Crippen LogP contribution in [0, 0.1) is 0 Å². The van der Waals surface area contributed by atoms with Crippen LogP contribution in [0.25, 0.3) is 60.7 Å². The first-order valence-corrected chi connectivity index (χ1v) is 11.1. The summed E-state index contributed by atoms with van der Waals surface area (Å²) in [5, 5.41) is 5.80. The minimum atomic E-state index is 0.733. The quantitative estimate of drug-likeness (QED) is 0.270. The van der Waals surface area contributed by atoms with Crippen LogP contribution >= 0.6 is 0 Å². The van der Waals surface area contributed by atoms with Crippen molar-refractivity contribution in [2.75, 3.05) is 0 Å². The lowest BCUT2D eigenvalue weighted by Gasteiger charge is -2.14. The van der Waals surface area contributed by atoms with E-state index in [1.807, 2.05) is 18.2 Å². The van der Waals surface area contributed by atoms with Crippen LogP contribution in [-0.2, 0) is 0 Å². The first-order valence-electron chi connectivity index (χ1n) is 11.1. The predicted octanol–water partition coefficient (Wildman–Crippen LogP) is 7.55. The third kappa shape index (κ3) is 2.69. The van der Waals surface area contributed by atoms with Gasteiger partial charge in [0.05, 0.1) is 16.6 Å². The summed E-state index contributed by atoms with van der Waals surface area (Å²) in [5.41, 5.74) is 4.27. The maximum Gasteiger partial charge on any atom is 0.162 e. The number of aromatic nitrogens is 3. The van der Waals surface area contributed by atoms with Gasteiger partial charge >= 0.3 is 0 Å². The summed E-state index contributed by atoms with van der Waals surface area (Å²) in [6.07, 6.45) is 0. The van der Waals surface area contributed by atoms with E-state index in [1.165, 1.54) is 16.2 Å². The van der Waals surface area contributed by atoms with Gasteiger partial charge in [-0.05, 0) is 23.6 Å². The molecule has 2 heterocycles. The molecule has 0 aliphatic rings. The van der Waals surface area contributed by atoms with Gasteiger partial charge in [0, 0.05) is 27.1 Å². The molecule has 0 aliphatic carbocycles. The summed E-state index contributed by atoms with van der Waals surface area (Å²) in [5.74, 6) is 1.64. The molecule has 7 aromatic rings. The van der Waals surface area contributed by atoms with E-state index in [0.29, 0.717) is 0 Å². The van der Waals surface area contributed by atoms with Crippen molar-refractivity contribution < 1.29 is 0 Å². The Balaban J connectivity index is 1.69. The van der Waals surface area contributed by atoms with Gasteiger partial charge in [0.1, 0.15) is 5.82 Å². The van der Waals surface area contributed by atoms with E-state index in [1.54, 1.807) is 0 Å². The zero-order chi connectivity index (χ0) is 21.8. The van der Waals surface area contributed by atoms with Crippen molar-refractivity contribution in [3.8, 4) is 17.2 Å². The fourth-order valence-corrected chi connectivity index (χ4v) is 4.88. The maximum absolute atomic E-state index is 5.17. The van der Waals surface area contributed by atoms with Crippen molar-refractivity contribution in [2.45, 2.75) is 0 Å². The zero-order valence-electron chi connectivity index (χ0n) is 17.8. The largest absolute Gasteiger partial charge is 0.293 e. The Labute approximate surface area is 190 Å². The van der Waals surface area contributed by atoms with Crippen LogP contribution in [0.3, 0.4) is 0 Å². The molecule has 0 aliphatic heterocycles. The highest BCUT2D eigenvalue weighted by atomic mass is 15.1. The highest BCUT2D eigenvalue weighted by Gasteiger charge is 2.18. The number of para-hydroxylation sites is 2. The minimum absolute atomic E-state index is 0.733. The molecule has 0 bridgehead atoms. The van der Waals surface area contributed by atoms with Crippen LogP contribution in [0.1, 0.15) is 0 Å².